The summed E-state index contributed by atoms with van der Waals surface area (Å²) in [6.45, 7) is 10.4. The number of esters is 1. The van der Waals surface area contributed by atoms with E-state index in [1.807, 2.05) is 0 Å². The molecule has 0 spiro atoms. The summed E-state index contributed by atoms with van der Waals surface area (Å²) < 4.78 is 27.7. The van der Waals surface area contributed by atoms with Gasteiger partial charge >= 0.3 is 5.97 Å². The van der Waals surface area contributed by atoms with Crippen molar-refractivity contribution >= 4 is 5.97 Å². The fourth-order valence-corrected chi connectivity index (χ4v) is 2.37. The molecular weight excluding hydrogens is 304 g/mol. The highest BCUT2D eigenvalue weighted by Crippen LogP contribution is 2.41. The Balaban J connectivity index is 2.85. The Labute approximate surface area is 138 Å². The Kier molecular flexibility index (Phi) is 5.87. The van der Waals surface area contributed by atoms with E-state index in [0.29, 0.717) is 0 Å². The van der Waals surface area contributed by atoms with E-state index in [1.165, 1.54) is 14.2 Å². The zero-order chi connectivity index (χ0) is 18.1. The van der Waals surface area contributed by atoms with E-state index >= 15 is 0 Å². The average Bonchev–Trinajstić information content (AvgIpc) is 2.41. The number of ether oxygens (including phenoxy) is 5. The molecule has 1 saturated heterocycles. The first-order valence-corrected chi connectivity index (χ1v) is 7.65. The molecule has 1 fully saturated rings. The molecule has 0 aliphatic carbocycles. The Bertz CT molecular complexity index is 433. The summed E-state index contributed by atoms with van der Waals surface area (Å²) in [5.74, 6) is -2.88. The van der Waals surface area contributed by atoms with Gasteiger partial charge < -0.3 is 28.8 Å². The van der Waals surface area contributed by atoms with Crippen molar-refractivity contribution in [1.29, 1.82) is 0 Å². The van der Waals surface area contributed by atoms with Gasteiger partial charge in [0.05, 0.1) is 19.1 Å². The predicted molar refractivity (Wildman–Crippen MR) is 82.7 cm³/mol. The van der Waals surface area contributed by atoms with Gasteiger partial charge in [-0.3, -0.25) is 4.79 Å². The Morgan fingerprint density at radius 3 is 2.13 bits per heavy atom. The molecule has 0 amide bonds. The van der Waals surface area contributed by atoms with Gasteiger partial charge in [-0.1, -0.05) is 0 Å². The van der Waals surface area contributed by atoms with Gasteiger partial charge in [-0.25, -0.2) is 0 Å². The summed E-state index contributed by atoms with van der Waals surface area (Å²) >= 11 is 0. The number of carbonyl (C=O) groups excluding carboxylic acids is 1. The van der Waals surface area contributed by atoms with Crippen LogP contribution < -0.4 is 0 Å². The first-order valence-electron chi connectivity index (χ1n) is 7.65. The third-order valence-corrected chi connectivity index (χ3v) is 4.15. The van der Waals surface area contributed by atoms with E-state index in [2.05, 4.69) is 0 Å². The van der Waals surface area contributed by atoms with E-state index in [0.717, 1.165) is 0 Å². The van der Waals surface area contributed by atoms with Crippen LogP contribution in [0.25, 0.3) is 0 Å². The lowest BCUT2D eigenvalue weighted by molar-refractivity contribution is -0.456. The second-order valence-corrected chi connectivity index (χ2v) is 7.31. The highest BCUT2D eigenvalue weighted by molar-refractivity contribution is 5.70. The molecule has 0 aromatic rings. The van der Waals surface area contributed by atoms with Crippen molar-refractivity contribution in [1.82, 2.24) is 0 Å². The third-order valence-electron chi connectivity index (χ3n) is 4.15. The third kappa shape index (κ3) is 4.42. The first kappa shape index (κ1) is 20.3. The lowest BCUT2D eigenvalue weighted by atomic mass is 9.93. The Hall–Kier alpha value is -0.730. The van der Waals surface area contributed by atoms with Crippen LogP contribution in [0.3, 0.4) is 0 Å². The van der Waals surface area contributed by atoms with E-state index in [-0.39, 0.29) is 13.0 Å². The van der Waals surface area contributed by atoms with Crippen molar-refractivity contribution in [3.8, 4) is 0 Å². The van der Waals surface area contributed by atoms with Gasteiger partial charge in [-0.15, -0.1) is 0 Å². The molecule has 1 aliphatic heterocycles. The van der Waals surface area contributed by atoms with Crippen LogP contribution in [0.1, 0.15) is 48.0 Å². The number of aliphatic hydroxyl groups excluding tert-OH is 1. The number of hydrogen-bond donors (Lipinski definition) is 1. The minimum atomic E-state index is -1.25. The number of methoxy groups -OCH3 is 2. The zero-order valence-electron chi connectivity index (χ0n) is 15.4. The fraction of sp³-hybridized carbons (Fsp3) is 0.938. The van der Waals surface area contributed by atoms with Crippen LogP contribution in [0.2, 0.25) is 0 Å². The molecule has 23 heavy (non-hydrogen) atoms. The highest BCUT2D eigenvalue weighted by Gasteiger charge is 2.58. The van der Waals surface area contributed by atoms with Gasteiger partial charge in [0.25, 0.3) is 0 Å². The molecule has 0 aromatic heterocycles. The summed E-state index contributed by atoms with van der Waals surface area (Å²) in [6, 6.07) is 0. The van der Waals surface area contributed by atoms with Crippen molar-refractivity contribution in [3.63, 3.8) is 0 Å². The topological polar surface area (TPSA) is 83.5 Å². The lowest BCUT2D eigenvalue weighted by Gasteiger charge is -2.53. The first-order chi connectivity index (χ1) is 10.3. The molecule has 0 bridgehead atoms. The van der Waals surface area contributed by atoms with Crippen LogP contribution in [0.15, 0.2) is 0 Å². The molecule has 0 radical (unpaired) electrons. The summed E-state index contributed by atoms with van der Waals surface area (Å²) in [7, 11) is 2.95. The predicted octanol–water partition coefficient (Wildman–Crippen LogP) is 1.61. The monoisotopic (exact) mass is 334 g/mol. The van der Waals surface area contributed by atoms with Gasteiger partial charge in [0.15, 0.2) is 0 Å². The molecule has 1 rings (SSSR count). The van der Waals surface area contributed by atoms with Gasteiger partial charge in [0.2, 0.25) is 11.6 Å². The molecule has 0 aromatic carbocycles. The molecule has 136 valence electrons. The molecule has 1 N–H and O–H groups in total. The van der Waals surface area contributed by atoms with Crippen molar-refractivity contribution < 1.29 is 33.6 Å². The van der Waals surface area contributed by atoms with Crippen molar-refractivity contribution in [2.24, 2.45) is 0 Å². The van der Waals surface area contributed by atoms with Gasteiger partial charge in [0.1, 0.15) is 11.2 Å². The largest absolute Gasteiger partial charge is 0.460 e. The minimum Gasteiger partial charge on any atom is -0.460 e. The molecule has 4 atom stereocenters. The second kappa shape index (κ2) is 6.64. The summed E-state index contributed by atoms with van der Waals surface area (Å²) in [5.41, 5.74) is -1.75. The van der Waals surface area contributed by atoms with Crippen LogP contribution in [0.5, 0.6) is 0 Å². The van der Waals surface area contributed by atoms with E-state index in [1.54, 1.807) is 41.5 Å². The number of carbonyl (C=O) groups is 1. The van der Waals surface area contributed by atoms with E-state index < -0.39 is 34.8 Å². The van der Waals surface area contributed by atoms with Crippen LogP contribution in [-0.4, -0.2) is 60.8 Å². The van der Waals surface area contributed by atoms with Crippen molar-refractivity contribution in [2.45, 2.75) is 76.8 Å². The molecule has 7 nitrogen and oxygen atoms in total. The molecular formula is C16H30O7. The maximum Gasteiger partial charge on any atom is 0.309 e. The van der Waals surface area contributed by atoms with Crippen LogP contribution in [0, 0.1) is 0 Å². The van der Waals surface area contributed by atoms with Crippen LogP contribution >= 0.6 is 0 Å². The zero-order valence-corrected chi connectivity index (χ0v) is 15.4. The quantitative estimate of drug-likeness (QED) is 0.765. The molecule has 0 unspecified atom stereocenters. The summed E-state index contributed by atoms with van der Waals surface area (Å²) in [4.78, 5) is 11.9. The molecule has 7 heteroatoms. The number of hydrogen-bond acceptors (Lipinski definition) is 7. The van der Waals surface area contributed by atoms with E-state index in [4.69, 9.17) is 23.7 Å². The molecule has 1 heterocycles. The highest BCUT2D eigenvalue weighted by atomic mass is 16.8. The van der Waals surface area contributed by atoms with E-state index in [9.17, 15) is 9.90 Å². The molecule has 1 aliphatic rings. The van der Waals surface area contributed by atoms with Gasteiger partial charge in [-0.05, 0) is 41.5 Å². The minimum absolute atomic E-state index is 0.0419. The van der Waals surface area contributed by atoms with Gasteiger partial charge in [-0.2, -0.15) is 0 Å². The smallest absolute Gasteiger partial charge is 0.309 e. The van der Waals surface area contributed by atoms with Crippen LogP contribution in [0.4, 0.5) is 0 Å². The van der Waals surface area contributed by atoms with Crippen LogP contribution in [-0.2, 0) is 28.5 Å². The average molecular weight is 334 g/mol. The summed E-state index contributed by atoms with van der Waals surface area (Å²) in [6.07, 6.45) is -1.33. The van der Waals surface area contributed by atoms with Crippen molar-refractivity contribution in [3.05, 3.63) is 0 Å². The fourth-order valence-electron chi connectivity index (χ4n) is 2.37. The SMILES string of the molecule is CO[C@]1(C)OC[C@@](C)([C@@H](O)CC(=O)OC(C)(C)C)O[C@@]1(C)OC. The molecule has 0 saturated carbocycles. The normalized spacial score (nSPS) is 36.6. The van der Waals surface area contributed by atoms with Gasteiger partial charge in [0, 0.05) is 14.2 Å². The standard InChI is InChI=1S/C16H30O7/c1-13(2,3)22-12(18)9-11(17)14(4)10-21-15(5,19-7)16(6,20-8)23-14/h11,17H,9-10H2,1-8H3/t11-,14-,15+,16+/m0/s1. The van der Waals surface area contributed by atoms with Crippen molar-refractivity contribution in [2.75, 3.05) is 20.8 Å². The number of aliphatic hydroxyl groups is 1. The maximum atomic E-state index is 11.9. The maximum absolute atomic E-state index is 11.9. The number of rotatable bonds is 5. The Morgan fingerprint density at radius 1 is 1.17 bits per heavy atom. The second-order valence-electron chi connectivity index (χ2n) is 7.31. The Morgan fingerprint density at radius 2 is 1.70 bits per heavy atom. The summed E-state index contributed by atoms with van der Waals surface area (Å²) in [5, 5.41) is 10.5. The lowest BCUT2D eigenvalue weighted by Crippen LogP contribution is -2.68.